The Bertz CT molecular complexity index is 270. The standard InChI is InChI=1S/C15H28F3NO/c1-3-9-19-12-14(7-4-6-13(2)11-14)20-10-5-8-15(16,17)18/h13,19H,3-12H2,1-2H3. The van der Waals surface area contributed by atoms with E-state index in [0.29, 0.717) is 5.92 Å². The minimum absolute atomic E-state index is 0.0629. The van der Waals surface area contributed by atoms with Crippen LogP contribution in [-0.4, -0.2) is 31.5 Å². The molecule has 120 valence electrons. The Balaban J connectivity index is 2.41. The summed E-state index contributed by atoms with van der Waals surface area (Å²) in [5.41, 5.74) is -0.252. The number of hydrogen-bond donors (Lipinski definition) is 1. The summed E-state index contributed by atoms with van der Waals surface area (Å²) in [5, 5.41) is 3.38. The van der Waals surface area contributed by atoms with Crippen molar-refractivity contribution < 1.29 is 17.9 Å². The van der Waals surface area contributed by atoms with Crippen LogP contribution in [0.15, 0.2) is 0 Å². The molecule has 0 bridgehead atoms. The van der Waals surface area contributed by atoms with Gasteiger partial charge < -0.3 is 10.1 Å². The quantitative estimate of drug-likeness (QED) is 0.674. The molecule has 2 atom stereocenters. The highest BCUT2D eigenvalue weighted by molar-refractivity contribution is 4.89. The highest BCUT2D eigenvalue weighted by Gasteiger charge is 2.36. The highest BCUT2D eigenvalue weighted by Crippen LogP contribution is 2.35. The molecule has 2 nitrogen and oxygen atoms in total. The maximum absolute atomic E-state index is 12.2. The van der Waals surface area contributed by atoms with Gasteiger partial charge in [-0.25, -0.2) is 0 Å². The second kappa shape index (κ2) is 8.23. The molecular weight excluding hydrogens is 267 g/mol. The van der Waals surface area contributed by atoms with Crippen LogP contribution in [0.1, 0.15) is 58.8 Å². The first-order chi connectivity index (χ1) is 9.37. The molecule has 1 fully saturated rings. The molecule has 1 aliphatic rings. The van der Waals surface area contributed by atoms with E-state index in [9.17, 15) is 13.2 Å². The first-order valence-electron chi connectivity index (χ1n) is 7.78. The van der Waals surface area contributed by atoms with E-state index in [1.807, 2.05) is 0 Å². The van der Waals surface area contributed by atoms with E-state index in [2.05, 4.69) is 19.2 Å². The maximum Gasteiger partial charge on any atom is 0.389 e. The van der Waals surface area contributed by atoms with Crippen molar-refractivity contribution in [3.8, 4) is 0 Å². The third kappa shape index (κ3) is 6.93. The average Bonchev–Trinajstić information content (AvgIpc) is 2.34. The number of nitrogens with one attached hydrogen (secondary N) is 1. The zero-order valence-corrected chi connectivity index (χ0v) is 12.7. The summed E-state index contributed by atoms with van der Waals surface area (Å²) in [7, 11) is 0. The van der Waals surface area contributed by atoms with Gasteiger partial charge in [-0.15, -0.1) is 0 Å². The van der Waals surface area contributed by atoms with Crippen molar-refractivity contribution in [1.29, 1.82) is 0 Å². The first-order valence-corrected chi connectivity index (χ1v) is 7.78. The molecule has 0 heterocycles. The molecule has 1 rings (SSSR count). The fourth-order valence-corrected chi connectivity index (χ4v) is 3.01. The molecule has 0 amide bonds. The van der Waals surface area contributed by atoms with Gasteiger partial charge in [0.25, 0.3) is 0 Å². The predicted octanol–water partition coefficient (Wildman–Crippen LogP) is 4.29. The molecule has 0 aromatic rings. The summed E-state index contributed by atoms with van der Waals surface area (Å²) < 4.78 is 42.4. The van der Waals surface area contributed by atoms with Crippen LogP contribution < -0.4 is 5.32 Å². The van der Waals surface area contributed by atoms with E-state index in [4.69, 9.17) is 4.74 Å². The summed E-state index contributed by atoms with van der Waals surface area (Å²) in [6.45, 7) is 6.21. The zero-order valence-electron chi connectivity index (χ0n) is 12.7. The van der Waals surface area contributed by atoms with Crippen LogP contribution in [0.4, 0.5) is 13.2 Å². The van der Waals surface area contributed by atoms with Crippen molar-refractivity contribution in [3.63, 3.8) is 0 Å². The van der Waals surface area contributed by atoms with Gasteiger partial charge in [0.1, 0.15) is 0 Å². The van der Waals surface area contributed by atoms with Crippen LogP contribution in [0.3, 0.4) is 0 Å². The number of rotatable bonds is 8. The van der Waals surface area contributed by atoms with Gasteiger partial charge in [-0.05, 0) is 38.1 Å². The van der Waals surface area contributed by atoms with Crippen molar-refractivity contribution in [2.75, 3.05) is 19.7 Å². The fraction of sp³-hybridized carbons (Fsp3) is 1.00. The third-order valence-electron chi connectivity index (χ3n) is 3.94. The van der Waals surface area contributed by atoms with Crippen LogP contribution >= 0.6 is 0 Å². The van der Waals surface area contributed by atoms with E-state index in [-0.39, 0.29) is 18.6 Å². The summed E-state index contributed by atoms with van der Waals surface area (Å²) >= 11 is 0. The molecular formula is C15H28F3NO. The minimum Gasteiger partial charge on any atom is -0.374 e. The summed E-state index contributed by atoms with van der Waals surface area (Å²) in [4.78, 5) is 0. The first kappa shape index (κ1) is 17.8. The van der Waals surface area contributed by atoms with Gasteiger partial charge in [0.05, 0.1) is 5.60 Å². The average molecular weight is 295 g/mol. The van der Waals surface area contributed by atoms with E-state index in [1.165, 1.54) is 6.42 Å². The van der Waals surface area contributed by atoms with E-state index < -0.39 is 12.6 Å². The van der Waals surface area contributed by atoms with Crippen LogP contribution in [-0.2, 0) is 4.74 Å². The maximum atomic E-state index is 12.2. The number of hydrogen-bond acceptors (Lipinski definition) is 2. The van der Waals surface area contributed by atoms with Crippen molar-refractivity contribution in [3.05, 3.63) is 0 Å². The second-order valence-electron chi connectivity index (χ2n) is 6.13. The number of alkyl halides is 3. The Morgan fingerprint density at radius 1 is 1.35 bits per heavy atom. The fourth-order valence-electron chi connectivity index (χ4n) is 3.01. The Hall–Kier alpha value is -0.290. The second-order valence-corrected chi connectivity index (χ2v) is 6.13. The molecule has 2 unspecified atom stereocenters. The van der Waals surface area contributed by atoms with Crippen molar-refractivity contribution in [1.82, 2.24) is 5.32 Å². The molecule has 0 aliphatic heterocycles. The molecule has 0 aromatic heterocycles. The molecule has 0 aromatic carbocycles. The lowest BCUT2D eigenvalue weighted by Gasteiger charge is -2.40. The molecule has 5 heteroatoms. The van der Waals surface area contributed by atoms with E-state index >= 15 is 0 Å². The van der Waals surface area contributed by atoms with E-state index in [1.54, 1.807) is 0 Å². The molecule has 0 saturated heterocycles. The van der Waals surface area contributed by atoms with Crippen LogP contribution in [0, 0.1) is 5.92 Å². The van der Waals surface area contributed by atoms with Crippen molar-refractivity contribution in [2.45, 2.75) is 70.6 Å². The molecule has 1 aliphatic carbocycles. The number of halogens is 3. The van der Waals surface area contributed by atoms with Gasteiger partial charge in [-0.1, -0.05) is 26.7 Å². The van der Waals surface area contributed by atoms with Crippen LogP contribution in [0.2, 0.25) is 0 Å². The third-order valence-corrected chi connectivity index (χ3v) is 3.94. The zero-order chi connectivity index (χ0) is 15.1. The summed E-state index contributed by atoms with van der Waals surface area (Å²) in [6.07, 6.45) is 0.510. The largest absolute Gasteiger partial charge is 0.389 e. The molecule has 0 spiro atoms. The number of ether oxygens (including phenoxy) is 1. The Labute approximate surface area is 120 Å². The summed E-state index contributed by atoms with van der Waals surface area (Å²) in [6, 6.07) is 0. The summed E-state index contributed by atoms with van der Waals surface area (Å²) in [5.74, 6) is 0.592. The Morgan fingerprint density at radius 2 is 2.10 bits per heavy atom. The predicted molar refractivity (Wildman–Crippen MR) is 74.8 cm³/mol. The molecule has 1 saturated carbocycles. The normalized spacial score (nSPS) is 27.8. The van der Waals surface area contributed by atoms with Gasteiger partial charge in [-0.2, -0.15) is 13.2 Å². The molecule has 0 radical (unpaired) electrons. The lowest BCUT2D eigenvalue weighted by Crippen LogP contribution is -2.47. The minimum atomic E-state index is -4.07. The van der Waals surface area contributed by atoms with Crippen LogP contribution in [0.5, 0.6) is 0 Å². The smallest absolute Gasteiger partial charge is 0.374 e. The lowest BCUT2D eigenvalue weighted by molar-refractivity contribution is -0.144. The topological polar surface area (TPSA) is 21.3 Å². The Kier molecular flexibility index (Phi) is 7.30. The van der Waals surface area contributed by atoms with Crippen LogP contribution in [0.25, 0.3) is 0 Å². The molecule has 1 N–H and O–H groups in total. The van der Waals surface area contributed by atoms with Gasteiger partial charge in [0.15, 0.2) is 0 Å². The van der Waals surface area contributed by atoms with Crippen molar-refractivity contribution >= 4 is 0 Å². The Morgan fingerprint density at radius 3 is 2.70 bits per heavy atom. The van der Waals surface area contributed by atoms with Gasteiger partial charge in [-0.3, -0.25) is 0 Å². The highest BCUT2D eigenvalue weighted by atomic mass is 19.4. The van der Waals surface area contributed by atoms with Gasteiger partial charge in [0.2, 0.25) is 0 Å². The van der Waals surface area contributed by atoms with Gasteiger partial charge in [0, 0.05) is 19.6 Å². The van der Waals surface area contributed by atoms with Gasteiger partial charge >= 0.3 is 6.18 Å². The van der Waals surface area contributed by atoms with Crippen molar-refractivity contribution in [2.24, 2.45) is 5.92 Å². The molecule has 20 heavy (non-hydrogen) atoms. The lowest BCUT2D eigenvalue weighted by atomic mass is 9.78. The monoisotopic (exact) mass is 295 g/mol. The van der Waals surface area contributed by atoms with E-state index in [0.717, 1.165) is 38.8 Å². The SMILES string of the molecule is CCCNCC1(OCCCC(F)(F)F)CCCC(C)C1.